The monoisotopic (exact) mass is 436 g/mol. The highest BCUT2D eigenvalue weighted by Gasteiger charge is 2.18. The molecule has 31 heavy (non-hydrogen) atoms. The molecule has 7 heteroatoms. The SMILES string of the molecule is CCn1c(SCC(=O)Nc2ccc(C)cc2)nnc1-c1ccc(OC2CCCC2)cc1. The zero-order chi connectivity index (χ0) is 21.6. The van der Waals surface area contributed by atoms with Crippen LogP contribution in [0.2, 0.25) is 0 Å². The Bertz CT molecular complexity index is 1010. The van der Waals surface area contributed by atoms with E-state index in [0.717, 1.165) is 52.9 Å². The van der Waals surface area contributed by atoms with Gasteiger partial charge in [-0.1, -0.05) is 29.5 Å². The Hall–Kier alpha value is -2.80. The number of carbonyl (C=O) groups is 1. The molecule has 1 saturated carbocycles. The third kappa shape index (κ3) is 5.47. The molecule has 2 aromatic carbocycles. The third-order valence-corrected chi connectivity index (χ3v) is 6.38. The van der Waals surface area contributed by atoms with Gasteiger partial charge in [0.1, 0.15) is 5.75 Å². The first-order valence-electron chi connectivity index (χ1n) is 10.8. The van der Waals surface area contributed by atoms with Crippen molar-refractivity contribution in [2.24, 2.45) is 0 Å². The summed E-state index contributed by atoms with van der Waals surface area (Å²) in [5, 5.41) is 12.4. The maximum absolute atomic E-state index is 12.3. The van der Waals surface area contributed by atoms with Crippen LogP contribution >= 0.6 is 11.8 Å². The Morgan fingerprint density at radius 2 is 1.81 bits per heavy atom. The first-order valence-corrected chi connectivity index (χ1v) is 11.8. The summed E-state index contributed by atoms with van der Waals surface area (Å²) in [6, 6.07) is 15.8. The number of nitrogens with one attached hydrogen (secondary N) is 1. The van der Waals surface area contributed by atoms with Gasteiger partial charge in [-0.15, -0.1) is 10.2 Å². The normalized spacial score (nSPS) is 14.0. The summed E-state index contributed by atoms with van der Waals surface area (Å²) in [6.45, 7) is 4.80. The van der Waals surface area contributed by atoms with Gasteiger partial charge in [0.2, 0.25) is 5.91 Å². The van der Waals surface area contributed by atoms with Crippen LogP contribution < -0.4 is 10.1 Å². The number of nitrogens with zero attached hydrogens (tertiary/aromatic N) is 3. The second kappa shape index (κ2) is 10.0. The fourth-order valence-electron chi connectivity index (χ4n) is 3.74. The number of benzene rings is 2. The first kappa shape index (κ1) is 21.4. The summed E-state index contributed by atoms with van der Waals surface area (Å²) in [4.78, 5) is 12.3. The van der Waals surface area contributed by atoms with E-state index in [4.69, 9.17) is 4.74 Å². The van der Waals surface area contributed by atoms with Gasteiger partial charge in [0.25, 0.3) is 0 Å². The van der Waals surface area contributed by atoms with Crippen LogP contribution in [-0.4, -0.2) is 32.5 Å². The number of aryl methyl sites for hydroxylation is 1. The second-order valence-electron chi connectivity index (χ2n) is 7.80. The van der Waals surface area contributed by atoms with Crippen molar-refractivity contribution >= 4 is 23.4 Å². The van der Waals surface area contributed by atoms with E-state index in [-0.39, 0.29) is 11.7 Å². The lowest BCUT2D eigenvalue weighted by atomic mass is 10.2. The predicted molar refractivity (Wildman–Crippen MR) is 125 cm³/mol. The summed E-state index contributed by atoms with van der Waals surface area (Å²) >= 11 is 1.39. The standard InChI is InChI=1S/C24H28N4O2S/c1-3-28-23(18-10-14-21(15-11-18)30-20-6-4-5-7-20)26-27-24(28)31-16-22(29)25-19-12-8-17(2)9-13-19/h8-15,20H,3-7,16H2,1-2H3,(H,25,29). The van der Waals surface area contributed by atoms with Gasteiger partial charge in [-0.3, -0.25) is 4.79 Å². The number of aromatic nitrogens is 3. The molecule has 0 atom stereocenters. The van der Waals surface area contributed by atoms with Crippen molar-refractivity contribution in [1.82, 2.24) is 14.8 Å². The average molecular weight is 437 g/mol. The minimum atomic E-state index is -0.0607. The number of hydrogen-bond acceptors (Lipinski definition) is 5. The fraction of sp³-hybridized carbons (Fsp3) is 0.375. The van der Waals surface area contributed by atoms with Crippen molar-refractivity contribution in [3.63, 3.8) is 0 Å². The van der Waals surface area contributed by atoms with Crippen molar-refractivity contribution in [2.75, 3.05) is 11.1 Å². The highest BCUT2D eigenvalue weighted by Crippen LogP contribution is 2.28. The number of thioether (sulfide) groups is 1. The molecule has 0 bridgehead atoms. The summed E-state index contributed by atoms with van der Waals surface area (Å²) in [5.74, 6) is 1.92. The van der Waals surface area contributed by atoms with Gasteiger partial charge in [-0.05, 0) is 75.9 Å². The zero-order valence-corrected chi connectivity index (χ0v) is 18.8. The number of anilines is 1. The molecule has 1 heterocycles. The molecule has 3 aromatic rings. The molecule has 0 unspecified atom stereocenters. The van der Waals surface area contributed by atoms with Gasteiger partial charge in [-0.2, -0.15) is 0 Å². The molecule has 1 aromatic heterocycles. The quantitative estimate of drug-likeness (QED) is 0.484. The minimum absolute atomic E-state index is 0.0607. The Morgan fingerprint density at radius 3 is 2.48 bits per heavy atom. The molecule has 1 aliphatic rings. The number of hydrogen-bond donors (Lipinski definition) is 1. The number of carbonyl (C=O) groups excluding carboxylic acids is 1. The zero-order valence-electron chi connectivity index (χ0n) is 18.0. The molecule has 0 radical (unpaired) electrons. The molecule has 0 aliphatic heterocycles. The van der Waals surface area contributed by atoms with E-state index in [2.05, 4.69) is 22.4 Å². The van der Waals surface area contributed by atoms with E-state index >= 15 is 0 Å². The first-order chi connectivity index (χ1) is 15.1. The van der Waals surface area contributed by atoms with E-state index in [1.807, 2.05) is 60.0 Å². The molecule has 6 nitrogen and oxygen atoms in total. The number of rotatable bonds is 8. The summed E-state index contributed by atoms with van der Waals surface area (Å²) in [6.07, 6.45) is 5.14. The van der Waals surface area contributed by atoms with Gasteiger partial charge in [0.15, 0.2) is 11.0 Å². The van der Waals surface area contributed by atoms with Crippen LogP contribution in [0, 0.1) is 6.92 Å². The van der Waals surface area contributed by atoms with Gasteiger partial charge >= 0.3 is 0 Å². The van der Waals surface area contributed by atoms with Crippen molar-refractivity contribution in [2.45, 2.75) is 57.3 Å². The van der Waals surface area contributed by atoms with Crippen molar-refractivity contribution in [3.05, 3.63) is 54.1 Å². The lowest BCUT2D eigenvalue weighted by molar-refractivity contribution is -0.113. The fourth-order valence-corrected chi connectivity index (χ4v) is 4.54. The topological polar surface area (TPSA) is 69.0 Å². The van der Waals surface area contributed by atoms with Gasteiger partial charge in [-0.25, -0.2) is 0 Å². The molecule has 162 valence electrons. The molecule has 1 aliphatic carbocycles. The lowest BCUT2D eigenvalue weighted by Gasteiger charge is -2.13. The van der Waals surface area contributed by atoms with E-state index < -0.39 is 0 Å². The van der Waals surface area contributed by atoms with Crippen molar-refractivity contribution in [3.8, 4) is 17.1 Å². The Labute approximate surface area is 187 Å². The smallest absolute Gasteiger partial charge is 0.234 e. The third-order valence-electron chi connectivity index (χ3n) is 5.42. The molecule has 0 saturated heterocycles. The molecule has 1 N–H and O–H groups in total. The van der Waals surface area contributed by atoms with E-state index in [9.17, 15) is 4.79 Å². The molecule has 1 amide bonds. The van der Waals surface area contributed by atoms with Crippen LogP contribution in [-0.2, 0) is 11.3 Å². The van der Waals surface area contributed by atoms with Crippen LogP contribution in [0.1, 0.15) is 38.2 Å². The van der Waals surface area contributed by atoms with E-state index in [1.165, 1.54) is 24.6 Å². The average Bonchev–Trinajstić information content (AvgIpc) is 3.44. The summed E-state index contributed by atoms with van der Waals surface area (Å²) < 4.78 is 8.10. The predicted octanol–water partition coefficient (Wildman–Crippen LogP) is 5.33. The maximum atomic E-state index is 12.3. The van der Waals surface area contributed by atoms with Crippen molar-refractivity contribution in [1.29, 1.82) is 0 Å². The van der Waals surface area contributed by atoms with Crippen LogP contribution in [0.25, 0.3) is 11.4 Å². The lowest BCUT2D eigenvalue weighted by Crippen LogP contribution is -2.14. The minimum Gasteiger partial charge on any atom is -0.490 e. The Balaban J connectivity index is 1.38. The maximum Gasteiger partial charge on any atom is 0.234 e. The summed E-state index contributed by atoms with van der Waals surface area (Å²) in [5.41, 5.74) is 2.95. The van der Waals surface area contributed by atoms with Crippen LogP contribution in [0.15, 0.2) is 53.7 Å². The number of ether oxygens (including phenoxy) is 1. The molecule has 1 fully saturated rings. The number of amides is 1. The largest absolute Gasteiger partial charge is 0.490 e. The van der Waals surface area contributed by atoms with Gasteiger partial charge in [0.05, 0.1) is 11.9 Å². The molecule has 0 spiro atoms. The highest BCUT2D eigenvalue weighted by molar-refractivity contribution is 7.99. The van der Waals surface area contributed by atoms with Gasteiger partial charge < -0.3 is 14.6 Å². The second-order valence-corrected chi connectivity index (χ2v) is 8.74. The highest BCUT2D eigenvalue weighted by atomic mass is 32.2. The van der Waals surface area contributed by atoms with Crippen LogP contribution in [0.3, 0.4) is 0 Å². The van der Waals surface area contributed by atoms with Crippen LogP contribution in [0.4, 0.5) is 5.69 Å². The molecular formula is C24H28N4O2S. The van der Waals surface area contributed by atoms with Crippen LogP contribution in [0.5, 0.6) is 5.75 Å². The Kier molecular flexibility index (Phi) is 6.92. The van der Waals surface area contributed by atoms with E-state index in [1.54, 1.807) is 0 Å². The van der Waals surface area contributed by atoms with Gasteiger partial charge in [0, 0.05) is 17.8 Å². The molecule has 4 rings (SSSR count). The summed E-state index contributed by atoms with van der Waals surface area (Å²) in [7, 11) is 0. The van der Waals surface area contributed by atoms with E-state index in [0.29, 0.717) is 6.10 Å². The molecular weight excluding hydrogens is 408 g/mol. The van der Waals surface area contributed by atoms with Crippen molar-refractivity contribution < 1.29 is 9.53 Å². The Morgan fingerprint density at radius 1 is 1.10 bits per heavy atom.